The van der Waals surface area contributed by atoms with Crippen molar-refractivity contribution in [2.45, 2.75) is 19.9 Å². The van der Waals surface area contributed by atoms with Crippen molar-refractivity contribution in [3.8, 4) is 0 Å². The summed E-state index contributed by atoms with van der Waals surface area (Å²) in [7, 11) is 0. The fraction of sp³-hybridized carbons (Fsp3) is 0.190. The first-order chi connectivity index (χ1) is 14.0. The summed E-state index contributed by atoms with van der Waals surface area (Å²) in [5.74, 6) is 0.0894. The van der Waals surface area contributed by atoms with Gasteiger partial charge in [0.2, 0.25) is 0 Å². The summed E-state index contributed by atoms with van der Waals surface area (Å²) < 4.78 is 13.4. The van der Waals surface area contributed by atoms with E-state index in [2.05, 4.69) is 20.9 Å². The molecule has 0 N–H and O–H groups in total. The number of furan rings is 1. The number of carbonyl (C=O) groups is 1. The number of rotatable bonds is 4. The second-order valence-corrected chi connectivity index (χ2v) is 8.15. The Morgan fingerprint density at radius 1 is 1.31 bits per heavy atom. The number of benzene rings is 1. The SMILES string of the molecule is CCOC(=O)C1=C(C)N=c2s/c(=C/c3ccc(Br)o3)c(=O)n2[C@@H]1c1ccccc1. The number of carbonyl (C=O) groups excluding carboxylic acids is 1. The van der Waals surface area contributed by atoms with Gasteiger partial charge < -0.3 is 9.15 Å². The first-order valence-corrected chi connectivity index (χ1v) is 10.6. The van der Waals surface area contributed by atoms with Crippen LogP contribution in [0.15, 0.2) is 72.6 Å². The maximum Gasteiger partial charge on any atom is 0.338 e. The zero-order valence-corrected chi connectivity index (χ0v) is 18.1. The van der Waals surface area contributed by atoms with Crippen molar-refractivity contribution < 1.29 is 13.9 Å². The highest BCUT2D eigenvalue weighted by Crippen LogP contribution is 2.30. The lowest BCUT2D eigenvalue weighted by Gasteiger charge is -2.24. The fourth-order valence-corrected chi connectivity index (χ4v) is 4.62. The van der Waals surface area contributed by atoms with E-state index in [0.717, 1.165) is 5.56 Å². The summed E-state index contributed by atoms with van der Waals surface area (Å²) in [6, 6.07) is 12.4. The van der Waals surface area contributed by atoms with Crippen molar-refractivity contribution in [1.82, 2.24) is 4.57 Å². The van der Waals surface area contributed by atoms with E-state index in [1.54, 1.807) is 36.6 Å². The molecule has 0 spiro atoms. The normalized spacial score (nSPS) is 16.5. The first-order valence-electron chi connectivity index (χ1n) is 8.99. The topological polar surface area (TPSA) is 73.8 Å². The van der Waals surface area contributed by atoms with Gasteiger partial charge in [-0.1, -0.05) is 41.7 Å². The van der Waals surface area contributed by atoms with Gasteiger partial charge in [-0.25, -0.2) is 9.79 Å². The molecule has 1 aliphatic rings. The lowest BCUT2D eigenvalue weighted by Crippen LogP contribution is -2.39. The van der Waals surface area contributed by atoms with Crippen molar-refractivity contribution in [2.24, 2.45) is 4.99 Å². The van der Waals surface area contributed by atoms with Crippen LogP contribution in [0.25, 0.3) is 6.08 Å². The smallest absolute Gasteiger partial charge is 0.338 e. The van der Waals surface area contributed by atoms with Crippen molar-refractivity contribution in [1.29, 1.82) is 0 Å². The van der Waals surface area contributed by atoms with Gasteiger partial charge in [0.25, 0.3) is 5.56 Å². The summed E-state index contributed by atoms with van der Waals surface area (Å²) >= 11 is 4.53. The minimum atomic E-state index is -0.600. The third kappa shape index (κ3) is 3.65. The largest absolute Gasteiger partial charge is 0.463 e. The second-order valence-electron chi connectivity index (χ2n) is 6.35. The predicted octanol–water partition coefficient (Wildman–Crippen LogP) is 3.15. The Morgan fingerprint density at radius 3 is 2.72 bits per heavy atom. The molecule has 0 saturated carbocycles. The van der Waals surface area contributed by atoms with Crippen LogP contribution in [0.2, 0.25) is 0 Å². The average molecular weight is 473 g/mol. The molecule has 0 amide bonds. The number of fused-ring (bicyclic) bond motifs is 1. The molecular formula is C21H17BrN2O4S. The molecular weight excluding hydrogens is 456 g/mol. The van der Waals surface area contributed by atoms with E-state index in [0.29, 0.717) is 31.0 Å². The molecule has 0 unspecified atom stereocenters. The Morgan fingerprint density at radius 2 is 2.07 bits per heavy atom. The van der Waals surface area contributed by atoms with Gasteiger partial charge in [-0.15, -0.1) is 0 Å². The third-order valence-corrected chi connectivity index (χ3v) is 5.91. The Balaban J connectivity index is 1.96. The number of hydrogen-bond donors (Lipinski definition) is 0. The minimum Gasteiger partial charge on any atom is -0.463 e. The monoisotopic (exact) mass is 472 g/mol. The quantitative estimate of drug-likeness (QED) is 0.546. The number of halogens is 1. The van der Waals surface area contributed by atoms with Crippen LogP contribution in [-0.4, -0.2) is 17.1 Å². The standard InChI is InChI=1S/C21H17BrN2O4S/c1-3-27-20(26)17-12(2)23-21-24(18(17)13-7-5-4-6-8-13)19(25)15(29-21)11-14-9-10-16(22)28-14/h4-11,18H,3H2,1-2H3/b15-11+/t18-/m1/s1. The number of ether oxygens (including phenoxy) is 1. The van der Waals surface area contributed by atoms with E-state index in [1.165, 1.54) is 11.3 Å². The minimum absolute atomic E-state index is 0.232. The molecule has 3 aromatic rings. The maximum atomic E-state index is 13.3. The second kappa shape index (κ2) is 7.96. The molecule has 1 aliphatic heterocycles. The summed E-state index contributed by atoms with van der Waals surface area (Å²) in [5.41, 5.74) is 1.51. The van der Waals surface area contributed by atoms with Crippen LogP contribution in [0, 0.1) is 0 Å². The lowest BCUT2D eigenvalue weighted by molar-refractivity contribution is -0.139. The van der Waals surface area contributed by atoms with Gasteiger partial charge in [-0.05, 0) is 47.5 Å². The Labute approximate surface area is 178 Å². The molecule has 2 aromatic heterocycles. The van der Waals surface area contributed by atoms with Crippen LogP contribution >= 0.6 is 27.3 Å². The molecule has 0 bridgehead atoms. The van der Waals surface area contributed by atoms with Crippen LogP contribution in [0.3, 0.4) is 0 Å². The van der Waals surface area contributed by atoms with E-state index < -0.39 is 12.0 Å². The molecule has 3 heterocycles. The molecule has 1 atom stereocenters. The summed E-state index contributed by atoms with van der Waals surface area (Å²) in [4.78, 5) is 31.1. The van der Waals surface area contributed by atoms with Crippen LogP contribution in [0.4, 0.5) is 0 Å². The van der Waals surface area contributed by atoms with E-state index in [4.69, 9.17) is 9.15 Å². The fourth-order valence-electron chi connectivity index (χ4n) is 3.28. The van der Waals surface area contributed by atoms with Crippen molar-refractivity contribution in [3.05, 3.63) is 89.4 Å². The maximum absolute atomic E-state index is 13.3. The lowest BCUT2D eigenvalue weighted by atomic mass is 9.96. The van der Waals surface area contributed by atoms with Crippen molar-refractivity contribution in [2.75, 3.05) is 6.61 Å². The Kier molecular flexibility index (Phi) is 5.38. The molecule has 0 radical (unpaired) electrons. The molecule has 0 aliphatic carbocycles. The van der Waals surface area contributed by atoms with E-state index in [1.807, 2.05) is 30.3 Å². The van der Waals surface area contributed by atoms with Gasteiger partial charge in [-0.3, -0.25) is 9.36 Å². The van der Waals surface area contributed by atoms with Gasteiger partial charge in [0.05, 0.1) is 28.5 Å². The van der Waals surface area contributed by atoms with Gasteiger partial charge in [0.1, 0.15) is 5.76 Å². The summed E-state index contributed by atoms with van der Waals surface area (Å²) in [6.07, 6.45) is 1.68. The molecule has 8 heteroatoms. The number of aromatic nitrogens is 1. The summed E-state index contributed by atoms with van der Waals surface area (Å²) in [6.45, 7) is 3.76. The van der Waals surface area contributed by atoms with E-state index in [-0.39, 0.29) is 12.2 Å². The molecule has 0 fully saturated rings. The first kappa shape index (κ1) is 19.6. The van der Waals surface area contributed by atoms with Gasteiger partial charge in [0.15, 0.2) is 9.47 Å². The van der Waals surface area contributed by atoms with Crippen molar-refractivity contribution >= 4 is 39.3 Å². The zero-order valence-electron chi connectivity index (χ0n) is 15.7. The van der Waals surface area contributed by atoms with Crippen LogP contribution in [-0.2, 0) is 9.53 Å². The summed E-state index contributed by atoms with van der Waals surface area (Å²) in [5, 5.41) is 0. The molecule has 29 heavy (non-hydrogen) atoms. The Bertz CT molecular complexity index is 1280. The number of hydrogen-bond acceptors (Lipinski definition) is 6. The molecule has 148 valence electrons. The van der Waals surface area contributed by atoms with Crippen LogP contribution in [0.5, 0.6) is 0 Å². The highest BCUT2D eigenvalue weighted by atomic mass is 79.9. The number of allylic oxidation sites excluding steroid dienone is 1. The number of nitrogens with zero attached hydrogens (tertiary/aromatic N) is 2. The van der Waals surface area contributed by atoms with Crippen molar-refractivity contribution in [3.63, 3.8) is 0 Å². The molecule has 1 aromatic carbocycles. The molecule has 6 nitrogen and oxygen atoms in total. The van der Waals surface area contributed by atoms with Crippen LogP contribution in [0.1, 0.15) is 31.2 Å². The van der Waals surface area contributed by atoms with Gasteiger partial charge >= 0.3 is 5.97 Å². The third-order valence-electron chi connectivity index (χ3n) is 4.50. The zero-order chi connectivity index (χ0) is 20.5. The Hall–Kier alpha value is -2.71. The predicted molar refractivity (Wildman–Crippen MR) is 113 cm³/mol. The van der Waals surface area contributed by atoms with E-state index >= 15 is 0 Å². The number of esters is 1. The highest BCUT2D eigenvalue weighted by Gasteiger charge is 2.33. The molecule has 0 saturated heterocycles. The number of thiazole rings is 1. The van der Waals surface area contributed by atoms with E-state index in [9.17, 15) is 9.59 Å². The molecule has 4 rings (SSSR count). The average Bonchev–Trinajstić information content (AvgIpc) is 3.24. The van der Waals surface area contributed by atoms with Gasteiger partial charge in [0, 0.05) is 6.08 Å². The highest BCUT2D eigenvalue weighted by molar-refractivity contribution is 9.10. The van der Waals surface area contributed by atoms with Gasteiger partial charge in [-0.2, -0.15) is 0 Å². The van der Waals surface area contributed by atoms with Crippen LogP contribution < -0.4 is 14.9 Å².